The van der Waals surface area contributed by atoms with Crippen LogP contribution in [0.3, 0.4) is 0 Å². The molecular formula is C24H25BrP+. The molecule has 3 rings (SSSR count). The van der Waals surface area contributed by atoms with Crippen molar-refractivity contribution in [3.63, 3.8) is 0 Å². The molecule has 0 heterocycles. The second-order valence-corrected chi connectivity index (χ2v) is 12.3. The highest BCUT2D eigenvalue weighted by atomic mass is 79.9. The van der Waals surface area contributed by atoms with Crippen molar-refractivity contribution in [2.45, 2.75) is 26.2 Å². The van der Waals surface area contributed by atoms with Gasteiger partial charge in [-0.05, 0) is 61.2 Å². The van der Waals surface area contributed by atoms with Gasteiger partial charge in [-0.1, -0.05) is 67.6 Å². The van der Waals surface area contributed by atoms with Crippen molar-refractivity contribution < 1.29 is 0 Å². The van der Waals surface area contributed by atoms with Crippen LogP contribution in [0.1, 0.15) is 25.3 Å². The predicted octanol–water partition coefficient (Wildman–Crippen LogP) is 6.19. The van der Waals surface area contributed by atoms with Gasteiger partial charge in [0.05, 0.1) is 0 Å². The minimum absolute atomic E-state index is 1.10. The van der Waals surface area contributed by atoms with Crippen LogP contribution in [0, 0.1) is 0 Å². The van der Waals surface area contributed by atoms with Crippen molar-refractivity contribution >= 4 is 37.4 Å². The fourth-order valence-corrected chi connectivity index (χ4v) is 7.86. The SMILES string of the molecule is CC/C=C/CCc1ccc([P+](Br)(c2ccccc2)c2ccccc2)cc1. The Kier molecular flexibility index (Phi) is 6.83. The molecule has 0 aromatic heterocycles. The highest BCUT2D eigenvalue weighted by Gasteiger charge is 2.43. The van der Waals surface area contributed by atoms with Crippen LogP contribution < -0.4 is 15.9 Å². The van der Waals surface area contributed by atoms with Crippen LogP contribution in [0.25, 0.3) is 0 Å². The Bertz CT molecular complexity index is 784. The van der Waals surface area contributed by atoms with E-state index in [1.165, 1.54) is 21.5 Å². The van der Waals surface area contributed by atoms with Crippen LogP contribution in [0.15, 0.2) is 97.1 Å². The third-order valence-corrected chi connectivity index (χ3v) is 11.2. The van der Waals surface area contributed by atoms with Gasteiger partial charge >= 0.3 is 0 Å². The average Bonchev–Trinajstić information content (AvgIpc) is 2.72. The topological polar surface area (TPSA) is 0 Å². The molecule has 0 bridgehead atoms. The molecule has 0 fully saturated rings. The zero-order valence-corrected chi connectivity index (χ0v) is 17.7. The van der Waals surface area contributed by atoms with E-state index in [-0.39, 0.29) is 0 Å². The molecule has 0 spiro atoms. The molecule has 0 N–H and O–H groups in total. The lowest BCUT2D eigenvalue weighted by Gasteiger charge is -2.20. The van der Waals surface area contributed by atoms with Gasteiger partial charge in [0.15, 0.2) is 21.5 Å². The molecule has 26 heavy (non-hydrogen) atoms. The molecule has 0 saturated heterocycles. The van der Waals surface area contributed by atoms with Gasteiger partial charge in [-0.25, -0.2) is 0 Å². The zero-order valence-electron chi connectivity index (χ0n) is 15.2. The zero-order chi connectivity index (χ0) is 18.2. The molecule has 3 aromatic rings. The quantitative estimate of drug-likeness (QED) is 0.314. The monoisotopic (exact) mass is 423 g/mol. The molecule has 0 unspecified atom stereocenters. The van der Waals surface area contributed by atoms with Crippen LogP contribution in [0.2, 0.25) is 0 Å². The second-order valence-electron chi connectivity index (χ2n) is 6.34. The van der Waals surface area contributed by atoms with Crippen molar-refractivity contribution in [3.05, 3.63) is 103 Å². The first-order valence-electron chi connectivity index (χ1n) is 9.19. The van der Waals surface area contributed by atoms with Gasteiger partial charge in [0.25, 0.3) is 0 Å². The van der Waals surface area contributed by atoms with Crippen LogP contribution >= 0.6 is 21.5 Å². The molecule has 0 aliphatic heterocycles. The fraction of sp³-hybridized carbons (Fsp3) is 0.167. The van der Waals surface area contributed by atoms with Crippen LogP contribution in [-0.4, -0.2) is 0 Å². The van der Waals surface area contributed by atoms with Gasteiger partial charge < -0.3 is 0 Å². The summed E-state index contributed by atoms with van der Waals surface area (Å²) in [4.78, 5) is 0. The molecule has 0 nitrogen and oxygen atoms in total. The van der Waals surface area contributed by atoms with Crippen molar-refractivity contribution in [3.8, 4) is 0 Å². The highest BCUT2D eigenvalue weighted by molar-refractivity contribution is 9.44. The molecular weight excluding hydrogens is 399 g/mol. The van der Waals surface area contributed by atoms with E-state index in [0.717, 1.165) is 19.3 Å². The van der Waals surface area contributed by atoms with Gasteiger partial charge in [0.1, 0.15) is 15.9 Å². The molecule has 3 aromatic carbocycles. The number of aryl methyl sites for hydroxylation is 1. The smallest absolute Gasteiger partial charge is 0.0888 e. The van der Waals surface area contributed by atoms with E-state index >= 15 is 0 Å². The average molecular weight is 424 g/mol. The minimum Gasteiger partial charge on any atom is -0.0888 e. The first-order chi connectivity index (χ1) is 12.7. The largest absolute Gasteiger partial charge is 0.181 e. The van der Waals surface area contributed by atoms with Gasteiger partial charge in [-0.3, -0.25) is 0 Å². The summed E-state index contributed by atoms with van der Waals surface area (Å²) in [6.07, 6.45) is 7.85. The van der Waals surface area contributed by atoms with Gasteiger partial charge in [-0.2, -0.15) is 0 Å². The Hall–Kier alpha value is -1.69. The number of hydrogen-bond donors (Lipinski definition) is 0. The Labute approximate surface area is 166 Å². The molecule has 0 radical (unpaired) electrons. The Morgan fingerprint density at radius 1 is 0.692 bits per heavy atom. The summed E-state index contributed by atoms with van der Waals surface area (Å²) < 4.78 is 0. The van der Waals surface area contributed by atoms with Crippen LogP contribution in [0.4, 0.5) is 0 Å². The molecule has 0 aliphatic rings. The minimum atomic E-state index is -1.78. The first kappa shape index (κ1) is 19.1. The van der Waals surface area contributed by atoms with Gasteiger partial charge in [0, 0.05) is 0 Å². The van der Waals surface area contributed by atoms with Crippen LogP contribution in [-0.2, 0) is 6.42 Å². The third-order valence-electron chi connectivity index (χ3n) is 4.52. The lowest BCUT2D eigenvalue weighted by atomic mass is 10.1. The van der Waals surface area contributed by atoms with E-state index in [9.17, 15) is 0 Å². The first-order valence-corrected chi connectivity index (χ1v) is 13.0. The number of benzene rings is 3. The maximum Gasteiger partial charge on any atom is 0.181 e. The lowest BCUT2D eigenvalue weighted by Crippen LogP contribution is -2.26. The third kappa shape index (κ3) is 4.34. The highest BCUT2D eigenvalue weighted by Crippen LogP contribution is 2.62. The fourth-order valence-electron chi connectivity index (χ4n) is 3.12. The van der Waals surface area contributed by atoms with Crippen molar-refractivity contribution in [1.29, 1.82) is 0 Å². The normalized spacial score (nSPS) is 11.8. The maximum absolute atomic E-state index is 4.21. The lowest BCUT2D eigenvalue weighted by molar-refractivity contribution is 0.993. The molecule has 2 heteroatoms. The summed E-state index contributed by atoms with van der Waals surface area (Å²) in [6, 6.07) is 30.8. The Morgan fingerprint density at radius 3 is 1.69 bits per heavy atom. The maximum atomic E-state index is 4.21. The van der Waals surface area contributed by atoms with E-state index in [1.807, 2.05) is 0 Å². The predicted molar refractivity (Wildman–Crippen MR) is 122 cm³/mol. The summed E-state index contributed by atoms with van der Waals surface area (Å²) in [5.41, 5.74) is 1.40. The molecule has 0 atom stereocenters. The number of allylic oxidation sites excluding steroid dienone is 2. The van der Waals surface area contributed by atoms with Crippen molar-refractivity contribution in [1.82, 2.24) is 0 Å². The molecule has 0 amide bonds. The van der Waals surface area contributed by atoms with Crippen LogP contribution in [0.5, 0.6) is 0 Å². The van der Waals surface area contributed by atoms with Crippen molar-refractivity contribution in [2.75, 3.05) is 0 Å². The summed E-state index contributed by atoms with van der Waals surface area (Å²) in [5.74, 6) is -1.78. The summed E-state index contributed by atoms with van der Waals surface area (Å²) >= 11 is 4.21. The Balaban J connectivity index is 1.94. The number of hydrogen-bond acceptors (Lipinski definition) is 0. The number of halogens is 1. The molecule has 0 saturated carbocycles. The van der Waals surface area contributed by atoms with E-state index in [0.29, 0.717) is 0 Å². The van der Waals surface area contributed by atoms with Gasteiger partial charge in [-0.15, -0.1) is 0 Å². The number of rotatable bonds is 7. The van der Waals surface area contributed by atoms with Crippen molar-refractivity contribution in [2.24, 2.45) is 0 Å². The van der Waals surface area contributed by atoms with E-state index in [4.69, 9.17) is 0 Å². The summed E-state index contributed by atoms with van der Waals surface area (Å²) in [5, 5.41) is 4.07. The summed E-state index contributed by atoms with van der Waals surface area (Å²) in [7, 11) is 0. The molecule has 132 valence electrons. The van der Waals surface area contributed by atoms with E-state index in [2.05, 4.69) is 119 Å². The second kappa shape index (κ2) is 9.31. The van der Waals surface area contributed by atoms with E-state index in [1.54, 1.807) is 0 Å². The van der Waals surface area contributed by atoms with E-state index < -0.39 is 5.96 Å². The Morgan fingerprint density at radius 2 is 1.19 bits per heavy atom. The molecule has 0 aliphatic carbocycles. The summed E-state index contributed by atoms with van der Waals surface area (Å²) in [6.45, 7) is 2.18. The van der Waals surface area contributed by atoms with Gasteiger partial charge in [0.2, 0.25) is 0 Å². The standard InChI is InChI=1S/C24H25BrP/c1-2-3-4-7-12-21-17-19-24(20-18-21)26(25,22-13-8-5-9-14-22)23-15-10-6-11-16-23/h3-6,8-11,13-20H,2,7,12H2,1H3/q+1/b4-3+.